The summed E-state index contributed by atoms with van der Waals surface area (Å²) in [5.41, 5.74) is 0.507. The van der Waals surface area contributed by atoms with Crippen molar-refractivity contribution in [1.29, 1.82) is 0 Å². The summed E-state index contributed by atoms with van der Waals surface area (Å²) in [5, 5.41) is 11.2. The molecule has 2 aromatic carbocycles. The molecule has 9 heteroatoms. The van der Waals surface area contributed by atoms with E-state index in [1.54, 1.807) is 36.4 Å². The molecule has 7 nitrogen and oxygen atoms in total. The molecule has 0 radical (unpaired) electrons. The Bertz CT molecular complexity index is 1430. The molecular weight excluding hydrogens is 445 g/mol. The molecule has 0 saturated carbocycles. The molecule has 1 fully saturated rings. The number of carbonyl (C=O) groups excluding carboxylic acids is 2. The predicted molar refractivity (Wildman–Crippen MR) is 122 cm³/mol. The number of rotatable bonds is 4. The molecule has 1 atom stereocenters. The first-order valence-corrected chi connectivity index (χ1v) is 10.7. The highest BCUT2D eigenvalue weighted by Crippen LogP contribution is 2.45. The highest BCUT2D eigenvalue weighted by atomic mass is 32.1. The standard InChI is InChI=1S/C24H16FN3O4S/c1-32-13-9-10-16-18(12-13)33-24(27-16)28-20(14-6-2-3-7-15(14)25)19(22(30)23(28)31)21(29)17-8-4-5-11-26-17/h2-12,20,29H,1H3/b21-19+. The summed E-state index contributed by atoms with van der Waals surface area (Å²) in [5.74, 6) is -2.34. The molecule has 2 aromatic heterocycles. The Kier molecular flexibility index (Phi) is 5.10. The molecule has 1 amide bonds. The minimum absolute atomic E-state index is 0.0611. The summed E-state index contributed by atoms with van der Waals surface area (Å²) in [7, 11) is 1.54. The van der Waals surface area contributed by atoms with E-state index in [1.807, 2.05) is 0 Å². The zero-order chi connectivity index (χ0) is 23.1. The summed E-state index contributed by atoms with van der Waals surface area (Å²) in [4.78, 5) is 36.0. The number of pyridine rings is 1. The maximum Gasteiger partial charge on any atom is 0.301 e. The summed E-state index contributed by atoms with van der Waals surface area (Å²) in [6.45, 7) is 0. The predicted octanol–water partition coefficient (Wildman–Crippen LogP) is 4.47. The van der Waals surface area contributed by atoms with E-state index in [9.17, 15) is 19.1 Å². The van der Waals surface area contributed by atoms with Crippen LogP contribution in [0.3, 0.4) is 0 Å². The molecule has 0 aliphatic carbocycles. The second-order valence-corrected chi connectivity index (χ2v) is 8.24. The lowest BCUT2D eigenvalue weighted by Gasteiger charge is -2.23. The molecule has 164 valence electrons. The highest BCUT2D eigenvalue weighted by molar-refractivity contribution is 7.22. The van der Waals surface area contributed by atoms with Crippen LogP contribution in [0.25, 0.3) is 16.0 Å². The lowest BCUT2D eigenvalue weighted by atomic mass is 9.96. The van der Waals surface area contributed by atoms with Gasteiger partial charge in [0.15, 0.2) is 10.9 Å². The van der Waals surface area contributed by atoms with Crippen LogP contribution in [-0.2, 0) is 9.59 Å². The number of nitrogens with zero attached hydrogens (tertiary/aromatic N) is 3. The van der Waals surface area contributed by atoms with Gasteiger partial charge in [-0.2, -0.15) is 0 Å². The SMILES string of the molecule is COc1ccc2nc(N3C(=O)C(=O)/C(=C(/O)c4ccccn4)C3c3ccccc3F)sc2c1. The largest absolute Gasteiger partial charge is 0.505 e. The molecule has 5 rings (SSSR count). The maximum absolute atomic E-state index is 14.9. The van der Waals surface area contributed by atoms with Crippen LogP contribution in [0.15, 0.2) is 72.4 Å². The number of hydrogen-bond donors (Lipinski definition) is 1. The van der Waals surface area contributed by atoms with Crippen molar-refractivity contribution in [2.75, 3.05) is 12.0 Å². The summed E-state index contributed by atoms with van der Waals surface area (Å²) in [6.07, 6.45) is 1.45. The van der Waals surface area contributed by atoms with Gasteiger partial charge in [-0.1, -0.05) is 35.6 Å². The van der Waals surface area contributed by atoms with Gasteiger partial charge in [-0.3, -0.25) is 19.5 Å². The van der Waals surface area contributed by atoms with E-state index in [0.717, 1.165) is 20.9 Å². The van der Waals surface area contributed by atoms with Gasteiger partial charge < -0.3 is 9.84 Å². The zero-order valence-electron chi connectivity index (χ0n) is 17.2. The van der Waals surface area contributed by atoms with Gasteiger partial charge in [0.05, 0.1) is 22.9 Å². The Morgan fingerprint density at radius 1 is 1.12 bits per heavy atom. The molecule has 1 unspecified atom stereocenters. The van der Waals surface area contributed by atoms with E-state index in [-0.39, 0.29) is 22.0 Å². The van der Waals surface area contributed by atoms with Crippen LogP contribution in [0.2, 0.25) is 0 Å². The number of thiazole rings is 1. The van der Waals surface area contributed by atoms with Crippen LogP contribution in [-0.4, -0.2) is 33.9 Å². The van der Waals surface area contributed by atoms with Gasteiger partial charge in [0.2, 0.25) is 0 Å². The number of ketones is 1. The smallest absolute Gasteiger partial charge is 0.301 e. The number of anilines is 1. The van der Waals surface area contributed by atoms with Gasteiger partial charge in [-0.25, -0.2) is 9.37 Å². The van der Waals surface area contributed by atoms with Crippen LogP contribution in [0.1, 0.15) is 17.3 Å². The average molecular weight is 461 g/mol. The number of amides is 1. The van der Waals surface area contributed by atoms with Gasteiger partial charge >= 0.3 is 5.91 Å². The van der Waals surface area contributed by atoms with Crippen LogP contribution >= 0.6 is 11.3 Å². The van der Waals surface area contributed by atoms with Crippen LogP contribution < -0.4 is 9.64 Å². The molecule has 0 spiro atoms. The Morgan fingerprint density at radius 2 is 1.91 bits per heavy atom. The maximum atomic E-state index is 14.9. The summed E-state index contributed by atoms with van der Waals surface area (Å²) < 4.78 is 20.9. The Balaban J connectivity index is 1.74. The molecule has 4 aromatic rings. The van der Waals surface area contributed by atoms with Gasteiger partial charge in [-0.15, -0.1) is 0 Å². The van der Waals surface area contributed by atoms with E-state index in [0.29, 0.717) is 11.3 Å². The lowest BCUT2D eigenvalue weighted by Crippen LogP contribution is -2.29. The topological polar surface area (TPSA) is 92.6 Å². The molecule has 1 N–H and O–H groups in total. The number of Topliss-reactive ketones (excluding diaryl/α,β-unsaturated/α-hetero) is 1. The zero-order valence-corrected chi connectivity index (χ0v) is 18.0. The third-order valence-corrected chi connectivity index (χ3v) is 6.36. The minimum atomic E-state index is -1.21. The third kappa shape index (κ3) is 3.42. The molecule has 3 heterocycles. The Hall–Kier alpha value is -4.11. The number of halogens is 1. The number of ether oxygens (including phenoxy) is 1. The molecule has 1 aliphatic heterocycles. The molecule has 1 aliphatic rings. The van der Waals surface area contributed by atoms with E-state index >= 15 is 0 Å². The average Bonchev–Trinajstić information content (AvgIpc) is 3.37. The molecule has 1 saturated heterocycles. The van der Waals surface area contributed by atoms with Gasteiger partial charge in [0, 0.05) is 11.8 Å². The molecule has 33 heavy (non-hydrogen) atoms. The van der Waals surface area contributed by atoms with Gasteiger partial charge in [0.25, 0.3) is 5.78 Å². The monoisotopic (exact) mass is 461 g/mol. The number of aliphatic hydroxyl groups is 1. The van der Waals surface area contributed by atoms with Crippen molar-refractivity contribution >= 4 is 44.1 Å². The second kappa shape index (κ2) is 8.10. The lowest BCUT2D eigenvalue weighted by molar-refractivity contribution is -0.132. The fourth-order valence-corrected chi connectivity index (χ4v) is 4.81. The van der Waals surface area contributed by atoms with Crippen molar-refractivity contribution in [2.45, 2.75) is 6.04 Å². The Morgan fingerprint density at radius 3 is 2.64 bits per heavy atom. The fraction of sp³-hybridized carbons (Fsp3) is 0.0833. The first-order valence-electron chi connectivity index (χ1n) is 9.91. The fourth-order valence-electron chi connectivity index (χ4n) is 3.78. The number of hydrogen-bond acceptors (Lipinski definition) is 7. The minimum Gasteiger partial charge on any atom is -0.505 e. The number of aliphatic hydroxyl groups excluding tert-OH is 1. The number of methoxy groups -OCH3 is 1. The first kappa shape index (κ1) is 20.8. The second-order valence-electron chi connectivity index (χ2n) is 7.24. The first-order chi connectivity index (χ1) is 16.0. The van der Waals surface area contributed by atoms with Crippen LogP contribution in [0, 0.1) is 5.82 Å². The molecular formula is C24H16FN3O4S. The van der Waals surface area contributed by atoms with Crippen molar-refractivity contribution in [3.05, 3.63) is 89.5 Å². The van der Waals surface area contributed by atoms with Crippen molar-refractivity contribution in [1.82, 2.24) is 9.97 Å². The van der Waals surface area contributed by atoms with Crippen LogP contribution in [0.5, 0.6) is 5.75 Å². The van der Waals surface area contributed by atoms with Gasteiger partial charge in [0.1, 0.15) is 23.3 Å². The van der Waals surface area contributed by atoms with E-state index in [2.05, 4.69) is 9.97 Å². The molecule has 0 bridgehead atoms. The van der Waals surface area contributed by atoms with E-state index < -0.39 is 29.3 Å². The van der Waals surface area contributed by atoms with Crippen molar-refractivity contribution in [3.8, 4) is 5.75 Å². The number of benzene rings is 2. The van der Waals surface area contributed by atoms with E-state index in [1.165, 1.54) is 37.6 Å². The number of fused-ring (bicyclic) bond motifs is 1. The Labute approximate surface area is 191 Å². The number of aromatic nitrogens is 2. The third-order valence-electron chi connectivity index (χ3n) is 5.34. The quantitative estimate of drug-likeness (QED) is 0.274. The van der Waals surface area contributed by atoms with Crippen molar-refractivity contribution < 1.29 is 23.8 Å². The van der Waals surface area contributed by atoms with Gasteiger partial charge in [-0.05, 0) is 36.4 Å². The summed E-state index contributed by atoms with van der Waals surface area (Å²) in [6, 6.07) is 14.6. The van der Waals surface area contributed by atoms with Crippen LogP contribution in [0.4, 0.5) is 9.52 Å². The number of carbonyl (C=O) groups is 2. The van der Waals surface area contributed by atoms with Crippen molar-refractivity contribution in [3.63, 3.8) is 0 Å². The highest BCUT2D eigenvalue weighted by Gasteiger charge is 2.49. The normalized spacial score (nSPS) is 17.6. The van der Waals surface area contributed by atoms with Crippen molar-refractivity contribution in [2.24, 2.45) is 0 Å². The van der Waals surface area contributed by atoms with E-state index in [4.69, 9.17) is 4.74 Å². The summed E-state index contributed by atoms with van der Waals surface area (Å²) >= 11 is 1.16.